The molecule has 92 valence electrons. The van der Waals surface area contributed by atoms with Gasteiger partial charge in [0.25, 0.3) is 0 Å². The highest BCUT2D eigenvalue weighted by Gasteiger charge is 2.34. The molecule has 0 aromatic carbocycles. The first kappa shape index (κ1) is 11.5. The molecule has 2 N–H and O–H groups in total. The standard InChI is InChI=1S/C9H12N4O4/c14-8(3-13-2-1-10-12-13)11-7-5-17-4-6(7)9(15)16/h1-2,6-7H,3-5H2,(H,11,14)(H,15,16). The minimum absolute atomic E-state index is 0.0167. The molecule has 1 saturated heterocycles. The van der Waals surface area contributed by atoms with Crippen molar-refractivity contribution >= 4 is 11.9 Å². The fourth-order valence-corrected chi connectivity index (χ4v) is 1.66. The molecule has 1 fully saturated rings. The molecule has 2 unspecified atom stereocenters. The molecule has 1 aromatic rings. The molecule has 0 radical (unpaired) electrons. The van der Waals surface area contributed by atoms with Gasteiger partial charge >= 0.3 is 5.97 Å². The summed E-state index contributed by atoms with van der Waals surface area (Å²) in [6, 6.07) is -0.483. The van der Waals surface area contributed by atoms with E-state index in [0.717, 1.165) is 0 Å². The maximum atomic E-state index is 11.6. The van der Waals surface area contributed by atoms with Crippen LogP contribution in [-0.4, -0.2) is 51.2 Å². The van der Waals surface area contributed by atoms with Crippen molar-refractivity contribution in [2.45, 2.75) is 12.6 Å². The van der Waals surface area contributed by atoms with E-state index in [1.54, 1.807) is 6.20 Å². The Morgan fingerprint density at radius 2 is 2.35 bits per heavy atom. The van der Waals surface area contributed by atoms with Crippen molar-refractivity contribution in [3.05, 3.63) is 12.4 Å². The molecule has 8 nitrogen and oxygen atoms in total. The number of aliphatic carboxylic acids is 1. The molecular weight excluding hydrogens is 228 g/mol. The average molecular weight is 240 g/mol. The predicted molar refractivity (Wildman–Crippen MR) is 53.9 cm³/mol. The first-order valence-electron chi connectivity index (χ1n) is 5.11. The largest absolute Gasteiger partial charge is 0.481 e. The van der Waals surface area contributed by atoms with E-state index in [-0.39, 0.29) is 25.7 Å². The van der Waals surface area contributed by atoms with Crippen LogP contribution in [0, 0.1) is 5.92 Å². The molecule has 1 aromatic heterocycles. The highest BCUT2D eigenvalue weighted by Crippen LogP contribution is 2.13. The Balaban J connectivity index is 1.88. The maximum absolute atomic E-state index is 11.6. The number of nitrogens with zero attached hydrogens (tertiary/aromatic N) is 3. The molecule has 8 heteroatoms. The number of nitrogens with one attached hydrogen (secondary N) is 1. The van der Waals surface area contributed by atoms with Gasteiger partial charge in [-0.25, -0.2) is 4.68 Å². The third-order valence-corrected chi connectivity index (χ3v) is 2.52. The summed E-state index contributed by atoms with van der Waals surface area (Å²) in [5.41, 5.74) is 0. The Hall–Kier alpha value is -1.96. The highest BCUT2D eigenvalue weighted by molar-refractivity contribution is 5.78. The number of hydrogen-bond acceptors (Lipinski definition) is 5. The van der Waals surface area contributed by atoms with E-state index in [9.17, 15) is 9.59 Å². The fraction of sp³-hybridized carbons (Fsp3) is 0.556. The smallest absolute Gasteiger partial charge is 0.311 e. The number of carboxylic acid groups (broad SMARTS) is 1. The van der Waals surface area contributed by atoms with Crippen LogP contribution in [0.3, 0.4) is 0 Å². The number of carbonyl (C=O) groups excluding carboxylic acids is 1. The second kappa shape index (κ2) is 4.91. The summed E-state index contributed by atoms with van der Waals surface area (Å²) >= 11 is 0. The quantitative estimate of drug-likeness (QED) is 0.663. The predicted octanol–water partition coefficient (Wildman–Crippen LogP) is -1.51. The van der Waals surface area contributed by atoms with Crippen molar-refractivity contribution in [3.63, 3.8) is 0 Å². The van der Waals surface area contributed by atoms with Crippen molar-refractivity contribution < 1.29 is 19.4 Å². The van der Waals surface area contributed by atoms with Crippen LogP contribution in [0.5, 0.6) is 0 Å². The number of carboxylic acids is 1. The van der Waals surface area contributed by atoms with Gasteiger partial charge in [0.1, 0.15) is 12.5 Å². The molecule has 0 spiro atoms. The van der Waals surface area contributed by atoms with Gasteiger partial charge in [0.05, 0.1) is 25.5 Å². The molecule has 0 saturated carbocycles. The first-order valence-corrected chi connectivity index (χ1v) is 5.11. The van der Waals surface area contributed by atoms with Gasteiger partial charge in [-0.2, -0.15) is 0 Å². The fourth-order valence-electron chi connectivity index (χ4n) is 1.66. The topological polar surface area (TPSA) is 106 Å². The zero-order chi connectivity index (χ0) is 12.3. The minimum Gasteiger partial charge on any atom is -0.481 e. The van der Waals surface area contributed by atoms with Gasteiger partial charge in [-0.15, -0.1) is 5.10 Å². The van der Waals surface area contributed by atoms with Crippen molar-refractivity contribution in [3.8, 4) is 0 Å². The SMILES string of the molecule is O=C(Cn1ccnn1)NC1COCC1C(=O)O. The summed E-state index contributed by atoms with van der Waals surface area (Å²) in [6.45, 7) is 0.368. The van der Waals surface area contributed by atoms with E-state index in [4.69, 9.17) is 9.84 Å². The van der Waals surface area contributed by atoms with Crippen LogP contribution in [0.1, 0.15) is 0 Å². The van der Waals surface area contributed by atoms with E-state index in [0.29, 0.717) is 0 Å². The van der Waals surface area contributed by atoms with Crippen molar-refractivity contribution in [2.75, 3.05) is 13.2 Å². The Labute approximate surface area is 96.6 Å². The van der Waals surface area contributed by atoms with Crippen LogP contribution in [-0.2, 0) is 20.9 Å². The van der Waals surface area contributed by atoms with E-state index < -0.39 is 17.9 Å². The average Bonchev–Trinajstić information content (AvgIpc) is 2.88. The molecule has 1 aliphatic heterocycles. The van der Waals surface area contributed by atoms with Crippen LogP contribution >= 0.6 is 0 Å². The van der Waals surface area contributed by atoms with Gasteiger partial charge in [0, 0.05) is 6.20 Å². The van der Waals surface area contributed by atoms with Crippen molar-refractivity contribution in [1.82, 2.24) is 20.3 Å². The number of carbonyl (C=O) groups is 2. The van der Waals surface area contributed by atoms with Crippen molar-refractivity contribution in [1.29, 1.82) is 0 Å². The lowest BCUT2D eigenvalue weighted by atomic mass is 10.0. The number of aromatic nitrogens is 3. The van der Waals surface area contributed by atoms with Crippen LogP contribution in [0.4, 0.5) is 0 Å². The Morgan fingerprint density at radius 3 is 3.00 bits per heavy atom. The van der Waals surface area contributed by atoms with Gasteiger partial charge in [-0.1, -0.05) is 5.21 Å². The maximum Gasteiger partial charge on any atom is 0.311 e. The first-order chi connectivity index (χ1) is 8.16. The Morgan fingerprint density at radius 1 is 1.53 bits per heavy atom. The zero-order valence-corrected chi connectivity index (χ0v) is 8.94. The lowest BCUT2D eigenvalue weighted by molar-refractivity contribution is -0.142. The second-order valence-electron chi connectivity index (χ2n) is 3.76. The van der Waals surface area contributed by atoms with Gasteiger partial charge < -0.3 is 15.2 Å². The molecule has 1 aliphatic rings. The molecule has 0 bridgehead atoms. The molecule has 2 rings (SSSR count). The zero-order valence-electron chi connectivity index (χ0n) is 8.94. The van der Waals surface area contributed by atoms with E-state index >= 15 is 0 Å². The lowest BCUT2D eigenvalue weighted by Gasteiger charge is -2.15. The van der Waals surface area contributed by atoms with Crippen LogP contribution in [0.25, 0.3) is 0 Å². The van der Waals surface area contributed by atoms with Crippen LogP contribution < -0.4 is 5.32 Å². The number of amides is 1. The molecule has 17 heavy (non-hydrogen) atoms. The normalized spacial score (nSPS) is 23.5. The Kier molecular flexibility index (Phi) is 3.33. The van der Waals surface area contributed by atoms with Gasteiger partial charge in [0.15, 0.2) is 0 Å². The number of rotatable bonds is 4. The minimum atomic E-state index is -0.964. The summed E-state index contributed by atoms with van der Waals surface area (Å²) < 4.78 is 6.40. The van der Waals surface area contributed by atoms with Gasteiger partial charge in [-0.05, 0) is 0 Å². The van der Waals surface area contributed by atoms with Crippen LogP contribution in [0.2, 0.25) is 0 Å². The Bertz CT molecular complexity index is 405. The number of hydrogen-bond donors (Lipinski definition) is 2. The summed E-state index contributed by atoms with van der Waals surface area (Å²) in [5.74, 6) is -1.96. The van der Waals surface area contributed by atoms with Gasteiger partial charge in [0.2, 0.25) is 5.91 Å². The monoisotopic (exact) mass is 240 g/mol. The van der Waals surface area contributed by atoms with Crippen LogP contribution in [0.15, 0.2) is 12.4 Å². The van der Waals surface area contributed by atoms with E-state index in [1.807, 2.05) is 0 Å². The second-order valence-corrected chi connectivity index (χ2v) is 3.76. The highest BCUT2D eigenvalue weighted by atomic mass is 16.5. The third kappa shape index (κ3) is 2.78. The molecular formula is C9H12N4O4. The van der Waals surface area contributed by atoms with E-state index in [1.165, 1.54) is 10.9 Å². The summed E-state index contributed by atoms with van der Waals surface area (Å²) in [5, 5.41) is 18.7. The summed E-state index contributed by atoms with van der Waals surface area (Å²) in [6.07, 6.45) is 3.02. The van der Waals surface area contributed by atoms with E-state index in [2.05, 4.69) is 15.6 Å². The summed E-state index contributed by atoms with van der Waals surface area (Å²) in [4.78, 5) is 22.4. The number of ether oxygens (including phenoxy) is 1. The van der Waals surface area contributed by atoms with Gasteiger partial charge in [-0.3, -0.25) is 9.59 Å². The third-order valence-electron chi connectivity index (χ3n) is 2.52. The molecule has 2 atom stereocenters. The molecule has 2 heterocycles. The molecule has 1 amide bonds. The lowest BCUT2D eigenvalue weighted by Crippen LogP contribution is -2.44. The molecule has 0 aliphatic carbocycles. The van der Waals surface area contributed by atoms with Crippen molar-refractivity contribution in [2.24, 2.45) is 5.92 Å². The summed E-state index contributed by atoms with van der Waals surface area (Å²) in [7, 11) is 0.